The lowest BCUT2D eigenvalue weighted by molar-refractivity contribution is 0.0783. The number of hydrogen-bond donors (Lipinski definition) is 0. The van der Waals surface area contributed by atoms with Gasteiger partial charge >= 0.3 is 0 Å². The zero-order chi connectivity index (χ0) is 15.8. The molecule has 1 aromatic carbocycles. The van der Waals surface area contributed by atoms with Gasteiger partial charge in [-0.1, -0.05) is 18.2 Å². The molecule has 0 atom stereocenters. The zero-order valence-electron chi connectivity index (χ0n) is 12.7. The Bertz CT molecular complexity index is 861. The van der Waals surface area contributed by atoms with Crippen LogP contribution in [-0.2, 0) is 6.54 Å². The van der Waals surface area contributed by atoms with Gasteiger partial charge in [0.15, 0.2) is 0 Å². The minimum absolute atomic E-state index is 0.0576. The summed E-state index contributed by atoms with van der Waals surface area (Å²) < 4.78 is 16.0. The molecular weight excluding hydrogens is 311 g/mol. The first kappa shape index (κ1) is 14.5. The van der Waals surface area contributed by atoms with E-state index in [0.717, 1.165) is 36.1 Å². The van der Waals surface area contributed by atoms with Crippen molar-refractivity contribution in [3.63, 3.8) is 0 Å². The van der Waals surface area contributed by atoms with Gasteiger partial charge in [0, 0.05) is 24.0 Å². The Hall–Kier alpha value is -2.14. The smallest absolute Gasteiger partial charge is 0.270 e. The fraction of sp³-hybridized carbons (Fsp3) is 0.278. The molecule has 0 N–H and O–H groups in total. The lowest BCUT2D eigenvalue weighted by atomic mass is 10.2. The van der Waals surface area contributed by atoms with Crippen molar-refractivity contribution < 1.29 is 9.18 Å². The standard InChI is InChI=1S/C18H17FN2OS/c19-15-6-2-1-5-14(15)12-21-16(11-13-7-10-23-18(13)21)17(22)20-8-3-4-9-20/h1-2,5-7,10-11H,3-4,8-9,12H2. The van der Waals surface area contributed by atoms with E-state index in [9.17, 15) is 9.18 Å². The molecule has 118 valence electrons. The third-order valence-corrected chi connectivity index (χ3v) is 5.35. The van der Waals surface area contributed by atoms with Crippen molar-refractivity contribution in [3.8, 4) is 0 Å². The van der Waals surface area contributed by atoms with E-state index in [2.05, 4.69) is 0 Å². The quantitative estimate of drug-likeness (QED) is 0.710. The molecule has 0 radical (unpaired) electrons. The van der Waals surface area contributed by atoms with Crippen molar-refractivity contribution in [2.75, 3.05) is 13.1 Å². The summed E-state index contributed by atoms with van der Waals surface area (Å²) in [5.74, 6) is -0.173. The highest BCUT2D eigenvalue weighted by Crippen LogP contribution is 2.28. The highest BCUT2D eigenvalue weighted by atomic mass is 32.1. The van der Waals surface area contributed by atoms with Crippen LogP contribution >= 0.6 is 11.3 Å². The normalized spacial score (nSPS) is 14.7. The number of aromatic nitrogens is 1. The molecule has 1 saturated heterocycles. The van der Waals surface area contributed by atoms with Gasteiger partial charge in [0.05, 0.1) is 6.54 Å². The Morgan fingerprint density at radius 1 is 1.17 bits per heavy atom. The van der Waals surface area contributed by atoms with Crippen LogP contribution in [0.3, 0.4) is 0 Å². The molecule has 0 spiro atoms. The van der Waals surface area contributed by atoms with Crippen LogP contribution in [0.2, 0.25) is 0 Å². The Morgan fingerprint density at radius 2 is 1.96 bits per heavy atom. The molecule has 0 unspecified atom stereocenters. The Kier molecular flexibility index (Phi) is 3.65. The third kappa shape index (κ3) is 2.55. The lowest BCUT2D eigenvalue weighted by Crippen LogP contribution is -2.29. The summed E-state index contributed by atoms with van der Waals surface area (Å²) in [5.41, 5.74) is 1.27. The number of benzene rings is 1. The molecule has 3 heterocycles. The van der Waals surface area contributed by atoms with Crippen LogP contribution < -0.4 is 0 Å². The van der Waals surface area contributed by atoms with Gasteiger partial charge in [-0.25, -0.2) is 4.39 Å². The van der Waals surface area contributed by atoms with Crippen molar-refractivity contribution in [2.24, 2.45) is 0 Å². The van der Waals surface area contributed by atoms with E-state index in [0.29, 0.717) is 17.8 Å². The van der Waals surface area contributed by atoms with E-state index in [1.54, 1.807) is 23.5 Å². The predicted molar refractivity (Wildman–Crippen MR) is 90.5 cm³/mol. The maximum absolute atomic E-state index is 14.0. The number of halogens is 1. The topological polar surface area (TPSA) is 25.2 Å². The van der Waals surface area contributed by atoms with Gasteiger partial charge in [-0.05, 0) is 36.4 Å². The summed E-state index contributed by atoms with van der Waals surface area (Å²) in [4.78, 5) is 15.7. The van der Waals surface area contributed by atoms with Crippen molar-refractivity contribution in [2.45, 2.75) is 19.4 Å². The largest absolute Gasteiger partial charge is 0.337 e. The first-order valence-corrected chi connectivity index (χ1v) is 8.71. The highest BCUT2D eigenvalue weighted by molar-refractivity contribution is 7.16. The van der Waals surface area contributed by atoms with E-state index < -0.39 is 0 Å². The summed E-state index contributed by atoms with van der Waals surface area (Å²) in [6.45, 7) is 2.01. The minimum Gasteiger partial charge on any atom is -0.337 e. The van der Waals surface area contributed by atoms with Crippen LogP contribution in [0.5, 0.6) is 0 Å². The van der Waals surface area contributed by atoms with E-state index in [1.807, 2.05) is 33.0 Å². The monoisotopic (exact) mass is 328 g/mol. The second-order valence-electron chi connectivity index (χ2n) is 5.89. The number of carbonyl (C=O) groups is 1. The molecule has 1 fully saturated rings. The molecule has 1 aliphatic heterocycles. The predicted octanol–water partition coefficient (Wildman–Crippen LogP) is 4.13. The number of fused-ring (bicyclic) bond motifs is 1. The van der Waals surface area contributed by atoms with Crippen LogP contribution in [-0.4, -0.2) is 28.5 Å². The average molecular weight is 328 g/mol. The number of amides is 1. The lowest BCUT2D eigenvalue weighted by Gasteiger charge is -2.17. The van der Waals surface area contributed by atoms with Crippen molar-refractivity contribution in [1.29, 1.82) is 0 Å². The zero-order valence-corrected chi connectivity index (χ0v) is 13.5. The number of nitrogens with zero attached hydrogens (tertiary/aromatic N) is 2. The number of rotatable bonds is 3. The van der Waals surface area contributed by atoms with Gasteiger partial charge in [-0.15, -0.1) is 11.3 Å². The summed E-state index contributed by atoms with van der Waals surface area (Å²) in [7, 11) is 0. The molecule has 3 aromatic rings. The van der Waals surface area contributed by atoms with Crippen LogP contribution in [0, 0.1) is 5.82 Å². The molecule has 4 rings (SSSR count). The Balaban J connectivity index is 1.77. The van der Waals surface area contributed by atoms with E-state index >= 15 is 0 Å². The molecule has 0 aliphatic carbocycles. The summed E-state index contributed by atoms with van der Waals surface area (Å²) in [6.07, 6.45) is 2.13. The molecular formula is C18H17FN2OS. The van der Waals surface area contributed by atoms with Crippen molar-refractivity contribution in [1.82, 2.24) is 9.47 Å². The molecule has 1 aliphatic rings. The number of likely N-dealkylation sites (tertiary alicyclic amines) is 1. The van der Waals surface area contributed by atoms with Gasteiger partial charge in [-0.2, -0.15) is 0 Å². The van der Waals surface area contributed by atoms with Crippen molar-refractivity contribution in [3.05, 3.63) is 58.9 Å². The Labute approximate surface area is 138 Å². The highest BCUT2D eigenvalue weighted by Gasteiger charge is 2.24. The molecule has 0 saturated carbocycles. The van der Waals surface area contributed by atoms with Crippen LogP contribution in [0.4, 0.5) is 4.39 Å². The molecule has 0 bridgehead atoms. The summed E-state index contributed by atoms with van der Waals surface area (Å²) in [5, 5.41) is 3.06. The number of carbonyl (C=O) groups excluding carboxylic acids is 1. The number of thiophene rings is 1. The van der Waals surface area contributed by atoms with Gasteiger partial charge in [0.2, 0.25) is 0 Å². The molecule has 3 nitrogen and oxygen atoms in total. The van der Waals surface area contributed by atoms with E-state index in [-0.39, 0.29) is 11.7 Å². The van der Waals surface area contributed by atoms with Crippen molar-refractivity contribution >= 4 is 27.5 Å². The fourth-order valence-electron chi connectivity index (χ4n) is 3.19. The van der Waals surface area contributed by atoms with Gasteiger partial charge in [-0.3, -0.25) is 4.79 Å². The van der Waals surface area contributed by atoms with Crippen LogP contribution in [0.15, 0.2) is 41.8 Å². The summed E-state index contributed by atoms with van der Waals surface area (Å²) >= 11 is 1.59. The second-order valence-corrected chi connectivity index (χ2v) is 6.78. The average Bonchev–Trinajstić information content (AvgIpc) is 3.26. The second kappa shape index (κ2) is 5.81. The maximum atomic E-state index is 14.0. The first-order chi connectivity index (χ1) is 11.2. The van der Waals surface area contributed by atoms with E-state index in [1.165, 1.54) is 6.07 Å². The van der Waals surface area contributed by atoms with Gasteiger partial charge in [0.25, 0.3) is 5.91 Å². The Morgan fingerprint density at radius 3 is 2.74 bits per heavy atom. The van der Waals surface area contributed by atoms with E-state index in [4.69, 9.17) is 0 Å². The molecule has 23 heavy (non-hydrogen) atoms. The molecule has 1 amide bonds. The maximum Gasteiger partial charge on any atom is 0.270 e. The van der Waals surface area contributed by atoms with Gasteiger partial charge < -0.3 is 9.47 Å². The number of hydrogen-bond acceptors (Lipinski definition) is 2. The molecule has 5 heteroatoms. The SMILES string of the molecule is O=C(c1cc2ccsc2n1Cc1ccccc1F)N1CCCC1. The van der Waals surface area contributed by atoms with Gasteiger partial charge in [0.1, 0.15) is 16.3 Å². The third-order valence-electron chi connectivity index (χ3n) is 4.40. The molecule has 2 aromatic heterocycles. The first-order valence-electron chi connectivity index (χ1n) is 7.83. The van der Waals surface area contributed by atoms with Crippen LogP contribution in [0.1, 0.15) is 28.9 Å². The summed E-state index contributed by atoms with van der Waals surface area (Å²) in [6, 6.07) is 10.7. The minimum atomic E-state index is -0.231. The fourth-order valence-corrected chi connectivity index (χ4v) is 4.09. The van der Waals surface area contributed by atoms with Crippen LogP contribution in [0.25, 0.3) is 10.2 Å².